The van der Waals surface area contributed by atoms with Crippen molar-refractivity contribution in [1.82, 2.24) is 15.0 Å². The number of furan rings is 1. The number of ether oxygens (including phenoxy) is 1. The minimum Gasteiger partial charge on any atom is -0.494 e. The lowest BCUT2D eigenvalue weighted by atomic mass is 10.2. The first kappa shape index (κ1) is 17.5. The molecule has 4 rings (SSSR count). The van der Waals surface area contributed by atoms with E-state index >= 15 is 0 Å². The number of aromatic nitrogens is 3. The molecule has 0 aliphatic carbocycles. The highest BCUT2D eigenvalue weighted by molar-refractivity contribution is 14.1. The van der Waals surface area contributed by atoms with Crippen LogP contribution in [0.25, 0.3) is 16.7 Å². The van der Waals surface area contributed by atoms with E-state index in [0.717, 1.165) is 17.0 Å². The van der Waals surface area contributed by atoms with E-state index in [4.69, 9.17) is 9.15 Å². The number of hydrogen-bond donors (Lipinski definition) is 1. The summed E-state index contributed by atoms with van der Waals surface area (Å²) < 4.78 is 11.4. The van der Waals surface area contributed by atoms with Gasteiger partial charge >= 0.3 is 0 Å². The first-order valence-electron chi connectivity index (χ1n) is 8.29. The SMILES string of the molecule is CCOc1ccc(-n2nc3ccc(NC(=O)c4ccc(I)o4)cc3n2)cc1. The zero-order chi connectivity index (χ0) is 18.8. The number of carbonyl (C=O) groups is 1. The number of carbonyl (C=O) groups excluding carboxylic acids is 1. The number of anilines is 1. The fraction of sp³-hybridized carbons (Fsp3) is 0.105. The molecule has 0 aliphatic heterocycles. The fourth-order valence-corrected chi connectivity index (χ4v) is 3.00. The van der Waals surface area contributed by atoms with Gasteiger partial charge in [0.05, 0.1) is 12.3 Å². The van der Waals surface area contributed by atoms with Crippen LogP contribution in [0.5, 0.6) is 5.75 Å². The standard InChI is InChI=1S/C19H15IN4O3/c1-2-26-14-6-4-13(5-7-14)24-22-15-8-3-12(11-16(15)23-24)21-19(25)17-9-10-18(20)27-17/h3-11H,2H2,1H3,(H,21,25). The maximum absolute atomic E-state index is 12.2. The minimum atomic E-state index is -0.309. The van der Waals surface area contributed by atoms with Gasteiger partial charge in [-0.3, -0.25) is 4.79 Å². The van der Waals surface area contributed by atoms with E-state index in [0.29, 0.717) is 21.6 Å². The Morgan fingerprint density at radius 3 is 2.59 bits per heavy atom. The first-order chi connectivity index (χ1) is 13.1. The number of fused-ring (bicyclic) bond motifs is 1. The lowest BCUT2D eigenvalue weighted by Gasteiger charge is -2.03. The van der Waals surface area contributed by atoms with Crippen molar-refractivity contribution in [3.05, 3.63) is 64.1 Å². The zero-order valence-corrected chi connectivity index (χ0v) is 16.5. The van der Waals surface area contributed by atoms with Gasteiger partial charge in [-0.05, 0) is 84.1 Å². The second kappa shape index (κ2) is 7.39. The molecule has 0 saturated heterocycles. The van der Waals surface area contributed by atoms with Crippen LogP contribution in [0, 0.1) is 3.77 Å². The van der Waals surface area contributed by atoms with Crippen molar-refractivity contribution in [1.29, 1.82) is 0 Å². The second-order valence-electron chi connectivity index (χ2n) is 5.68. The Morgan fingerprint density at radius 2 is 1.89 bits per heavy atom. The number of amides is 1. The van der Waals surface area contributed by atoms with E-state index in [-0.39, 0.29) is 11.7 Å². The van der Waals surface area contributed by atoms with Crippen LogP contribution in [-0.4, -0.2) is 27.5 Å². The van der Waals surface area contributed by atoms with E-state index in [1.54, 1.807) is 29.1 Å². The molecule has 27 heavy (non-hydrogen) atoms. The monoisotopic (exact) mass is 474 g/mol. The molecule has 2 heterocycles. The second-order valence-corrected chi connectivity index (χ2v) is 6.74. The lowest BCUT2D eigenvalue weighted by Crippen LogP contribution is -2.10. The molecular weight excluding hydrogens is 459 g/mol. The average molecular weight is 474 g/mol. The third-order valence-electron chi connectivity index (χ3n) is 3.81. The van der Waals surface area contributed by atoms with Crippen molar-refractivity contribution in [3.8, 4) is 11.4 Å². The summed E-state index contributed by atoms with van der Waals surface area (Å²) in [5.41, 5.74) is 2.85. The smallest absolute Gasteiger partial charge is 0.291 e. The highest BCUT2D eigenvalue weighted by atomic mass is 127. The molecule has 2 aromatic heterocycles. The molecule has 0 saturated carbocycles. The molecule has 0 atom stereocenters. The van der Waals surface area contributed by atoms with E-state index in [1.165, 1.54) is 0 Å². The quantitative estimate of drug-likeness (QED) is 0.437. The van der Waals surface area contributed by atoms with E-state index < -0.39 is 0 Å². The van der Waals surface area contributed by atoms with Crippen molar-refractivity contribution in [2.75, 3.05) is 11.9 Å². The van der Waals surface area contributed by atoms with Crippen LogP contribution in [-0.2, 0) is 0 Å². The van der Waals surface area contributed by atoms with Crippen LogP contribution in [0.1, 0.15) is 17.5 Å². The topological polar surface area (TPSA) is 82.2 Å². The van der Waals surface area contributed by atoms with Gasteiger partial charge < -0.3 is 14.5 Å². The molecule has 0 radical (unpaired) electrons. The normalized spacial score (nSPS) is 10.9. The molecule has 0 unspecified atom stereocenters. The van der Waals surface area contributed by atoms with Crippen molar-refractivity contribution in [2.24, 2.45) is 0 Å². The summed E-state index contributed by atoms with van der Waals surface area (Å²) >= 11 is 2.02. The zero-order valence-electron chi connectivity index (χ0n) is 14.3. The van der Waals surface area contributed by atoms with Gasteiger partial charge in [0.25, 0.3) is 5.91 Å². The Kier molecular flexibility index (Phi) is 4.80. The molecule has 7 nitrogen and oxygen atoms in total. The summed E-state index contributed by atoms with van der Waals surface area (Å²) in [6, 6.07) is 16.3. The van der Waals surface area contributed by atoms with Crippen LogP contribution in [0.3, 0.4) is 0 Å². The lowest BCUT2D eigenvalue weighted by molar-refractivity contribution is 0.0995. The number of nitrogens with zero attached hydrogens (tertiary/aromatic N) is 3. The van der Waals surface area contributed by atoms with Crippen molar-refractivity contribution < 1.29 is 13.9 Å². The molecule has 0 bridgehead atoms. The maximum atomic E-state index is 12.2. The molecule has 1 amide bonds. The van der Waals surface area contributed by atoms with Gasteiger partial charge in [0.2, 0.25) is 0 Å². The van der Waals surface area contributed by atoms with Crippen LogP contribution in [0.2, 0.25) is 0 Å². The Labute approximate surface area is 168 Å². The van der Waals surface area contributed by atoms with Crippen LogP contribution < -0.4 is 10.1 Å². The van der Waals surface area contributed by atoms with E-state index in [9.17, 15) is 4.79 Å². The highest BCUT2D eigenvalue weighted by Crippen LogP contribution is 2.20. The Hall–Kier alpha value is -2.88. The van der Waals surface area contributed by atoms with Crippen LogP contribution in [0.4, 0.5) is 5.69 Å². The first-order valence-corrected chi connectivity index (χ1v) is 9.37. The molecule has 1 N–H and O–H groups in total. The maximum Gasteiger partial charge on any atom is 0.291 e. The largest absolute Gasteiger partial charge is 0.494 e. The molecule has 8 heteroatoms. The summed E-state index contributed by atoms with van der Waals surface area (Å²) in [6.07, 6.45) is 0. The van der Waals surface area contributed by atoms with Crippen molar-refractivity contribution >= 4 is 45.2 Å². The molecule has 4 aromatic rings. The highest BCUT2D eigenvalue weighted by Gasteiger charge is 2.12. The van der Waals surface area contributed by atoms with Gasteiger partial charge in [-0.15, -0.1) is 10.2 Å². The number of rotatable bonds is 5. The molecule has 136 valence electrons. The molecule has 0 aliphatic rings. The fourth-order valence-electron chi connectivity index (χ4n) is 2.58. The third kappa shape index (κ3) is 3.80. The number of benzene rings is 2. The van der Waals surface area contributed by atoms with E-state index in [2.05, 4.69) is 15.5 Å². The molecule has 2 aromatic carbocycles. The van der Waals surface area contributed by atoms with Gasteiger partial charge in [-0.1, -0.05) is 0 Å². The molecular formula is C19H15IN4O3. The van der Waals surface area contributed by atoms with Gasteiger partial charge in [0.15, 0.2) is 9.53 Å². The average Bonchev–Trinajstić information content (AvgIpc) is 3.28. The van der Waals surface area contributed by atoms with Crippen LogP contribution >= 0.6 is 22.6 Å². The van der Waals surface area contributed by atoms with Gasteiger partial charge in [-0.2, -0.15) is 4.80 Å². The van der Waals surface area contributed by atoms with Gasteiger partial charge in [0.1, 0.15) is 16.8 Å². The number of hydrogen-bond acceptors (Lipinski definition) is 5. The number of nitrogens with one attached hydrogen (secondary N) is 1. The summed E-state index contributed by atoms with van der Waals surface area (Å²) in [7, 11) is 0. The molecule has 0 fully saturated rings. The summed E-state index contributed by atoms with van der Waals surface area (Å²) in [5.74, 6) is 0.754. The Bertz CT molecular complexity index is 1100. The Balaban J connectivity index is 1.57. The van der Waals surface area contributed by atoms with E-state index in [1.807, 2.05) is 59.8 Å². The Morgan fingerprint density at radius 1 is 1.11 bits per heavy atom. The summed E-state index contributed by atoms with van der Waals surface area (Å²) in [6.45, 7) is 2.56. The predicted molar refractivity (Wildman–Crippen MR) is 109 cm³/mol. The third-order valence-corrected chi connectivity index (χ3v) is 4.39. The van der Waals surface area contributed by atoms with Crippen LogP contribution in [0.15, 0.2) is 59.0 Å². The minimum absolute atomic E-state index is 0.262. The molecule has 0 spiro atoms. The summed E-state index contributed by atoms with van der Waals surface area (Å²) in [4.78, 5) is 13.8. The predicted octanol–water partition coefficient (Wildman–Crippen LogP) is 4.27. The number of halogens is 1. The van der Waals surface area contributed by atoms with Crippen molar-refractivity contribution in [3.63, 3.8) is 0 Å². The van der Waals surface area contributed by atoms with Crippen molar-refractivity contribution in [2.45, 2.75) is 6.92 Å². The summed E-state index contributed by atoms with van der Waals surface area (Å²) in [5, 5.41) is 11.8. The van der Waals surface area contributed by atoms with Gasteiger partial charge in [0, 0.05) is 5.69 Å². The van der Waals surface area contributed by atoms with Gasteiger partial charge in [-0.25, -0.2) is 0 Å².